The van der Waals surface area contributed by atoms with Gasteiger partial charge in [-0.3, -0.25) is 4.90 Å². The highest BCUT2D eigenvalue weighted by Crippen LogP contribution is 2.24. The second-order valence-electron chi connectivity index (χ2n) is 7.17. The van der Waals surface area contributed by atoms with Crippen molar-refractivity contribution in [3.63, 3.8) is 0 Å². The normalized spacial score (nSPS) is 19.4. The van der Waals surface area contributed by atoms with Crippen LogP contribution < -0.4 is 5.32 Å². The lowest BCUT2D eigenvalue weighted by atomic mass is 9.96. The number of hydrogen-bond donors (Lipinski definition) is 1. The van der Waals surface area contributed by atoms with E-state index < -0.39 is 0 Å². The van der Waals surface area contributed by atoms with Crippen molar-refractivity contribution in [3.05, 3.63) is 34.9 Å². The topological polar surface area (TPSA) is 15.3 Å². The molecule has 1 aromatic carbocycles. The monoisotopic (exact) mass is 286 g/mol. The Morgan fingerprint density at radius 2 is 1.90 bits per heavy atom. The molecule has 21 heavy (non-hydrogen) atoms. The van der Waals surface area contributed by atoms with E-state index in [0.717, 1.165) is 12.5 Å². The Bertz CT molecular complexity index is 461. The Balaban J connectivity index is 1.64. The number of aryl methyl sites for hydroxylation is 2. The minimum Gasteiger partial charge on any atom is -0.317 e. The Kier molecular flexibility index (Phi) is 4.97. The van der Waals surface area contributed by atoms with Crippen LogP contribution in [0, 0.1) is 5.92 Å². The highest BCUT2D eigenvalue weighted by atomic mass is 15.1. The number of nitrogens with one attached hydrogen (secondary N) is 1. The molecule has 1 saturated heterocycles. The molecule has 0 saturated carbocycles. The van der Waals surface area contributed by atoms with Gasteiger partial charge in [0.2, 0.25) is 0 Å². The first-order valence-corrected chi connectivity index (χ1v) is 8.78. The number of fused-ring (bicyclic) bond motifs is 1. The van der Waals surface area contributed by atoms with E-state index in [1.807, 2.05) is 0 Å². The fourth-order valence-corrected chi connectivity index (χ4v) is 3.81. The average molecular weight is 286 g/mol. The number of rotatable bonds is 5. The quantitative estimate of drug-likeness (QED) is 0.892. The van der Waals surface area contributed by atoms with Crippen LogP contribution in [0.5, 0.6) is 0 Å². The smallest absolute Gasteiger partial charge is 0.0236 e. The van der Waals surface area contributed by atoms with Gasteiger partial charge in [0.25, 0.3) is 0 Å². The second kappa shape index (κ2) is 6.93. The summed E-state index contributed by atoms with van der Waals surface area (Å²) >= 11 is 0. The molecule has 2 heteroatoms. The van der Waals surface area contributed by atoms with Crippen LogP contribution in [0.3, 0.4) is 0 Å². The SMILES string of the molecule is CC(C)N(Cc1ccc2c(c1)CCC2)CC1CCNCC1. The maximum atomic E-state index is 3.48. The van der Waals surface area contributed by atoms with Gasteiger partial charge in [0.15, 0.2) is 0 Å². The van der Waals surface area contributed by atoms with Crippen molar-refractivity contribution in [2.75, 3.05) is 19.6 Å². The van der Waals surface area contributed by atoms with Crippen molar-refractivity contribution in [2.45, 2.75) is 58.5 Å². The molecule has 0 unspecified atom stereocenters. The molecule has 1 heterocycles. The summed E-state index contributed by atoms with van der Waals surface area (Å²) in [6, 6.07) is 7.84. The van der Waals surface area contributed by atoms with E-state index in [9.17, 15) is 0 Å². The number of benzene rings is 1. The van der Waals surface area contributed by atoms with Crippen LogP contribution in [0.2, 0.25) is 0 Å². The van der Waals surface area contributed by atoms with Gasteiger partial charge in [-0.15, -0.1) is 0 Å². The molecule has 2 nitrogen and oxygen atoms in total. The lowest BCUT2D eigenvalue weighted by Gasteiger charge is -2.33. The largest absolute Gasteiger partial charge is 0.317 e. The van der Waals surface area contributed by atoms with Crippen LogP contribution in [0.15, 0.2) is 18.2 Å². The van der Waals surface area contributed by atoms with Crippen LogP contribution >= 0.6 is 0 Å². The second-order valence-corrected chi connectivity index (χ2v) is 7.17. The number of hydrogen-bond acceptors (Lipinski definition) is 2. The minimum absolute atomic E-state index is 0.633. The molecule has 116 valence electrons. The first kappa shape index (κ1) is 15.1. The van der Waals surface area contributed by atoms with Crippen molar-refractivity contribution in [2.24, 2.45) is 5.92 Å². The zero-order valence-corrected chi connectivity index (χ0v) is 13.7. The average Bonchev–Trinajstić information content (AvgIpc) is 2.95. The predicted octanol–water partition coefficient (Wildman–Crippen LogP) is 3.39. The zero-order valence-electron chi connectivity index (χ0n) is 13.7. The third kappa shape index (κ3) is 3.87. The molecule has 1 aliphatic heterocycles. The van der Waals surface area contributed by atoms with E-state index in [4.69, 9.17) is 0 Å². The molecule has 0 aromatic heterocycles. The Hall–Kier alpha value is -0.860. The summed E-state index contributed by atoms with van der Waals surface area (Å²) in [7, 11) is 0. The van der Waals surface area contributed by atoms with E-state index >= 15 is 0 Å². The minimum atomic E-state index is 0.633. The molecule has 1 aliphatic carbocycles. The summed E-state index contributed by atoms with van der Waals surface area (Å²) in [6.07, 6.45) is 6.61. The Morgan fingerprint density at radius 1 is 1.14 bits per heavy atom. The Morgan fingerprint density at radius 3 is 2.67 bits per heavy atom. The van der Waals surface area contributed by atoms with Gasteiger partial charge < -0.3 is 5.32 Å². The van der Waals surface area contributed by atoms with Gasteiger partial charge in [0.05, 0.1) is 0 Å². The summed E-state index contributed by atoms with van der Waals surface area (Å²) in [5.74, 6) is 0.878. The summed E-state index contributed by atoms with van der Waals surface area (Å²) in [5.41, 5.74) is 4.71. The molecule has 1 fully saturated rings. The third-order valence-electron chi connectivity index (χ3n) is 5.23. The van der Waals surface area contributed by atoms with Crippen LogP contribution in [0.25, 0.3) is 0 Å². The zero-order chi connectivity index (χ0) is 14.7. The predicted molar refractivity (Wildman–Crippen MR) is 89.6 cm³/mol. The lowest BCUT2D eigenvalue weighted by Crippen LogP contribution is -2.39. The van der Waals surface area contributed by atoms with Crippen molar-refractivity contribution in [1.82, 2.24) is 10.2 Å². The molecule has 0 spiro atoms. The van der Waals surface area contributed by atoms with Gasteiger partial charge >= 0.3 is 0 Å². The summed E-state index contributed by atoms with van der Waals surface area (Å²) in [6.45, 7) is 9.47. The van der Waals surface area contributed by atoms with Crippen LogP contribution in [0.1, 0.15) is 49.8 Å². The van der Waals surface area contributed by atoms with Gasteiger partial charge in [0, 0.05) is 19.1 Å². The van der Waals surface area contributed by atoms with Crippen molar-refractivity contribution >= 4 is 0 Å². The maximum Gasteiger partial charge on any atom is 0.0236 e. The van der Waals surface area contributed by atoms with Crippen molar-refractivity contribution in [1.29, 1.82) is 0 Å². The lowest BCUT2D eigenvalue weighted by molar-refractivity contribution is 0.162. The molecule has 1 aromatic rings. The number of piperidine rings is 1. The molecule has 0 bridgehead atoms. The fourth-order valence-electron chi connectivity index (χ4n) is 3.81. The summed E-state index contributed by atoms with van der Waals surface area (Å²) in [4.78, 5) is 2.67. The molecule has 2 aliphatic rings. The molecule has 1 N–H and O–H groups in total. The molecule has 0 amide bonds. The van der Waals surface area contributed by atoms with Crippen molar-refractivity contribution < 1.29 is 0 Å². The highest BCUT2D eigenvalue weighted by molar-refractivity contribution is 5.35. The first-order chi connectivity index (χ1) is 10.2. The van der Waals surface area contributed by atoms with Crippen LogP contribution in [0.4, 0.5) is 0 Å². The highest BCUT2D eigenvalue weighted by Gasteiger charge is 2.19. The Labute approximate surface area is 129 Å². The summed E-state index contributed by atoms with van der Waals surface area (Å²) in [5, 5.41) is 3.48. The molecular formula is C19H30N2. The summed E-state index contributed by atoms with van der Waals surface area (Å²) < 4.78 is 0. The van der Waals surface area contributed by atoms with Gasteiger partial charge in [-0.2, -0.15) is 0 Å². The molecular weight excluding hydrogens is 256 g/mol. The first-order valence-electron chi connectivity index (χ1n) is 8.78. The molecule has 3 rings (SSSR count). The molecule has 0 atom stereocenters. The van der Waals surface area contributed by atoms with E-state index in [0.29, 0.717) is 6.04 Å². The van der Waals surface area contributed by atoms with Gasteiger partial charge in [-0.1, -0.05) is 18.2 Å². The molecule has 0 radical (unpaired) electrons. The maximum absolute atomic E-state index is 3.48. The van der Waals surface area contributed by atoms with Gasteiger partial charge in [-0.05, 0) is 81.6 Å². The van der Waals surface area contributed by atoms with Crippen LogP contribution in [-0.2, 0) is 19.4 Å². The van der Waals surface area contributed by atoms with Gasteiger partial charge in [0.1, 0.15) is 0 Å². The van der Waals surface area contributed by atoms with E-state index in [1.54, 1.807) is 11.1 Å². The third-order valence-corrected chi connectivity index (χ3v) is 5.23. The fraction of sp³-hybridized carbons (Fsp3) is 0.684. The van der Waals surface area contributed by atoms with Gasteiger partial charge in [-0.25, -0.2) is 0 Å². The standard InChI is InChI=1S/C19H30N2/c1-15(2)21(13-16-8-10-20-11-9-16)14-17-6-7-18-4-3-5-19(18)12-17/h6-7,12,15-16,20H,3-5,8-11,13-14H2,1-2H3. The van der Waals surface area contributed by atoms with E-state index in [2.05, 4.69) is 42.3 Å². The van der Waals surface area contributed by atoms with Crippen LogP contribution in [-0.4, -0.2) is 30.6 Å². The van der Waals surface area contributed by atoms with Crippen molar-refractivity contribution in [3.8, 4) is 0 Å². The van der Waals surface area contributed by atoms with E-state index in [1.165, 1.54) is 57.3 Å². The number of nitrogens with zero attached hydrogens (tertiary/aromatic N) is 1. The van der Waals surface area contributed by atoms with E-state index in [-0.39, 0.29) is 0 Å².